The van der Waals surface area contributed by atoms with Crippen molar-refractivity contribution in [2.24, 2.45) is 5.92 Å². The van der Waals surface area contributed by atoms with Crippen molar-refractivity contribution >= 4 is 9.84 Å². The molecule has 0 aliphatic rings. The van der Waals surface area contributed by atoms with Gasteiger partial charge in [0.1, 0.15) is 17.1 Å². The standard InChI is InChI=1S/C26H27F3O5S/c1-14(2)20(13-35(32,33)19-8-6-18(7-9-19)26(27,28)29)22-12-21(30)24(25(31)34-22)23-16(4)10-15(3)11-17(23)5/h6-12,14,20,30H,13H2,1-5H3. The molecule has 0 aliphatic carbocycles. The van der Waals surface area contributed by atoms with Gasteiger partial charge < -0.3 is 9.52 Å². The fourth-order valence-electron chi connectivity index (χ4n) is 4.27. The first kappa shape index (κ1) is 26.5. The van der Waals surface area contributed by atoms with Crippen LogP contribution in [-0.4, -0.2) is 19.3 Å². The van der Waals surface area contributed by atoms with Crippen molar-refractivity contribution in [1.82, 2.24) is 0 Å². The highest BCUT2D eigenvalue weighted by Crippen LogP contribution is 2.36. The van der Waals surface area contributed by atoms with Gasteiger partial charge in [0.25, 0.3) is 0 Å². The predicted molar refractivity (Wildman–Crippen MR) is 127 cm³/mol. The van der Waals surface area contributed by atoms with Crippen LogP contribution in [0.1, 0.15) is 47.8 Å². The summed E-state index contributed by atoms with van der Waals surface area (Å²) in [5, 5.41) is 10.8. The van der Waals surface area contributed by atoms with Crippen LogP contribution in [0.15, 0.2) is 56.6 Å². The van der Waals surface area contributed by atoms with Crippen molar-refractivity contribution in [2.75, 3.05) is 5.75 Å². The fourth-order valence-corrected chi connectivity index (χ4v) is 6.04. The molecule has 0 aliphatic heterocycles. The third kappa shape index (κ3) is 5.61. The summed E-state index contributed by atoms with van der Waals surface area (Å²) in [6.07, 6.45) is -4.58. The fraction of sp³-hybridized carbons (Fsp3) is 0.346. The molecule has 0 amide bonds. The Balaban J connectivity index is 2.02. The van der Waals surface area contributed by atoms with E-state index in [0.717, 1.165) is 28.8 Å². The van der Waals surface area contributed by atoms with E-state index < -0.39 is 38.9 Å². The van der Waals surface area contributed by atoms with Crippen molar-refractivity contribution in [3.05, 3.63) is 80.9 Å². The zero-order valence-electron chi connectivity index (χ0n) is 20.0. The van der Waals surface area contributed by atoms with E-state index >= 15 is 0 Å². The van der Waals surface area contributed by atoms with Gasteiger partial charge in [-0.1, -0.05) is 31.5 Å². The van der Waals surface area contributed by atoms with E-state index in [1.807, 2.05) is 32.9 Å². The Morgan fingerprint density at radius 3 is 1.94 bits per heavy atom. The van der Waals surface area contributed by atoms with Crippen LogP contribution in [0.5, 0.6) is 5.75 Å². The monoisotopic (exact) mass is 508 g/mol. The molecule has 2 aromatic carbocycles. The molecule has 1 heterocycles. The van der Waals surface area contributed by atoms with Gasteiger partial charge in [0.2, 0.25) is 0 Å². The smallest absolute Gasteiger partial charge is 0.416 e. The third-order valence-electron chi connectivity index (χ3n) is 5.99. The Kier molecular flexibility index (Phi) is 7.22. The number of aromatic hydroxyl groups is 1. The first-order valence-electron chi connectivity index (χ1n) is 11.0. The lowest BCUT2D eigenvalue weighted by molar-refractivity contribution is -0.137. The molecule has 188 valence electrons. The number of hydrogen-bond acceptors (Lipinski definition) is 5. The van der Waals surface area contributed by atoms with E-state index in [2.05, 4.69) is 0 Å². The topological polar surface area (TPSA) is 84.6 Å². The largest absolute Gasteiger partial charge is 0.507 e. The van der Waals surface area contributed by atoms with E-state index in [0.29, 0.717) is 17.7 Å². The molecule has 1 aromatic heterocycles. The summed E-state index contributed by atoms with van der Waals surface area (Å²) >= 11 is 0. The number of alkyl halides is 3. The Morgan fingerprint density at radius 1 is 0.943 bits per heavy atom. The number of aryl methyl sites for hydroxylation is 3. The minimum absolute atomic E-state index is 0.00291. The molecular formula is C26H27F3O5S. The molecule has 3 aromatic rings. The van der Waals surface area contributed by atoms with Crippen LogP contribution >= 0.6 is 0 Å². The zero-order valence-corrected chi connectivity index (χ0v) is 20.8. The molecule has 0 spiro atoms. The van der Waals surface area contributed by atoms with Crippen molar-refractivity contribution in [3.63, 3.8) is 0 Å². The Morgan fingerprint density at radius 2 is 1.49 bits per heavy atom. The maximum atomic E-state index is 13.0. The summed E-state index contributed by atoms with van der Waals surface area (Å²) in [5.41, 5.74) is 1.35. The third-order valence-corrected chi connectivity index (χ3v) is 7.78. The Hall–Kier alpha value is -3.07. The first-order valence-corrected chi connectivity index (χ1v) is 12.6. The van der Waals surface area contributed by atoms with Crippen LogP contribution in [0.4, 0.5) is 13.2 Å². The molecule has 0 saturated carbocycles. The van der Waals surface area contributed by atoms with E-state index in [4.69, 9.17) is 4.42 Å². The van der Waals surface area contributed by atoms with Gasteiger partial charge in [-0.05, 0) is 67.6 Å². The van der Waals surface area contributed by atoms with E-state index in [9.17, 15) is 31.5 Å². The summed E-state index contributed by atoms with van der Waals surface area (Å²) < 4.78 is 70.0. The second-order valence-corrected chi connectivity index (χ2v) is 11.2. The second kappa shape index (κ2) is 9.53. The van der Waals surface area contributed by atoms with Crippen LogP contribution in [0.3, 0.4) is 0 Å². The van der Waals surface area contributed by atoms with Crippen molar-refractivity contribution in [2.45, 2.75) is 51.6 Å². The number of halogens is 3. The molecule has 1 unspecified atom stereocenters. The van der Waals surface area contributed by atoms with Crippen LogP contribution < -0.4 is 5.63 Å². The van der Waals surface area contributed by atoms with Crippen molar-refractivity contribution in [3.8, 4) is 16.9 Å². The van der Waals surface area contributed by atoms with E-state index in [1.165, 1.54) is 6.07 Å². The summed E-state index contributed by atoms with van der Waals surface area (Å²) in [5.74, 6) is -2.00. The summed E-state index contributed by atoms with van der Waals surface area (Å²) in [4.78, 5) is 12.7. The summed E-state index contributed by atoms with van der Waals surface area (Å²) in [6, 6.07) is 8.26. The van der Waals surface area contributed by atoms with Crippen molar-refractivity contribution < 1.29 is 31.1 Å². The van der Waals surface area contributed by atoms with Crippen molar-refractivity contribution in [1.29, 1.82) is 0 Å². The molecule has 1 N–H and O–H groups in total. The van der Waals surface area contributed by atoms with Crippen LogP contribution in [0, 0.1) is 26.7 Å². The Bertz CT molecular complexity index is 1380. The van der Waals surface area contributed by atoms with Gasteiger partial charge in [0, 0.05) is 12.0 Å². The summed E-state index contributed by atoms with van der Waals surface area (Å²) in [7, 11) is -4.03. The minimum Gasteiger partial charge on any atom is -0.507 e. The molecule has 0 radical (unpaired) electrons. The molecule has 3 rings (SSSR count). The average Bonchev–Trinajstić information content (AvgIpc) is 2.72. The van der Waals surface area contributed by atoms with Crippen LogP contribution in [0.2, 0.25) is 0 Å². The Labute approximate surface area is 202 Å². The lowest BCUT2D eigenvalue weighted by atomic mass is 9.92. The molecule has 0 fully saturated rings. The maximum absolute atomic E-state index is 13.0. The molecule has 0 bridgehead atoms. The number of benzene rings is 2. The van der Waals surface area contributed by atoms with Gasteiger partial charge in [0.15, 0.2) is 9.84 Å². The highest BCUT2D eigenvalue weighted by molar-refractivity contribution is 7.91. The number of rotatable bonds is 6. The van der Waals surface area contributed by atoms with E-state index in [-0.39, 0.29) is 27.9 Å². The van der Waals surface area contributed by atoms with Crippen LogP contribution in [-0.2, 0) is 16.0 Å². The number of hydrogen-bond donors (Lipinski definition) is 1. The van der Waals surface area contributed by atoms with E-state index in [1.54, 1.807) is 13.8 Å². The quantitative estimate of drug-likeness (QED) is 0.430. The highest BCUT2D eigenvalue weighted by atomic mass is 32.2. The molecule has 0 saturated heterocycles. The molecular weight excluding hydrogens is 481 g/mol. The minimum atomic E-state index is -4.58. The lowest BCUT2D eigenvalue weighted by Gasteiger charge is -2.21. The molecule has 35 heavy (non-hydrogen) atoms. The zero-order chi connectivity index (χ0) is 26.3. The maximum Gasteiger partial charge on any atom is 0.416 e. The molecule has 1 atom stereocenters. The number of sulfone groups is 1. The molecule has 5 nitrogen and oxygen atoms in total. The first-order chi connectivity index (χ1) is 16.1. The lowest BCUT2D eigenvalue weighted by Crippen LogP contribution is -2.21. The van der Waals surface area contributed by atoms with Crippen LogP contribution in [0.25, 0.3) is 11.1 Å². The second-order valence-electron chi connectivity index (χ2n) is 9.12. The van der Waals surface area contributed by atoms with Gasteiger partial charge in [-0.15, -0.1) is 0 Å². The van der Waals surface area contributed by atoms with Gasteiger partial charge >= 0.3 is 11.8 Å². The van der Waals surface area contributed by atoms with Gasteiger partial charge in [-0.3, -0.25) is 0 Å². The van der Waals surface area contributed by atoms with Gasteiger partial charge in [-0.25, -0.2) is 13.2 Å². The SMILES string of the molecule is Cc1cc(C)c(-c2c(O)cc(C(CS(=O)(=O)c3ccc(C(F)(F)F)cc3)C(C)C)oc2=O)c(C)c1. The molecule has 9 heteroatoms. The normalized spacial score (nSPS) is 13.3. The van der Waals surface area contributed by atoms with Gasteiger partial charge in [0.05, 0.1) is 16.2 Å². The average molecular weight is 509 g/mol. The van der Waals surface area contributed by atoms with Gasteiger partial charge in [-0.2, -0.15) is 13.2 Å². The summed E-state index contributed by atoms with van der Waals surface area (Å²) in [6.45, 7) is 9.00. The highest BCUT2D eigenvalue weighted by Gasteiger charge is 2.32. The predicted octanol–water partition coefficient (Wildman–Crippen LogP) is 6.17.